The van der Waals surface area contributed by atoms with Crippen LogP contribution in [0.1, 0.15) is 0 Å². The van der Waals surface area contributed by atoms with Gasteiger partial charge in [-0.05, 0) is 24.3 Å². The van der Waals surface area contributed by atoms with Crippen molar-refractivity contribution in [3.8, 4) is 17.3 Å². The Labute approximate surface area is 142 Å². The normalized spacial score (nSPS) is 11.2. The van der Waals surface area contributed by atoms with Crippen LogP contribution in [-0.4, -0.2) is 21.5 Å². The molecule has 1 aromatic carbocycles. The highest BCUT2D eigenvalue weighted by Gasteiger charge is 2.09. The molecule has 3 aromatic rings. The number of aromatic nitrogens is 2. The van der Waals surface area contributed by atoms with Gasteiger partial charge in [0, 0.05) is 5.56 Å². The molecule has 3 rings (SSSR count). The van der Waals surface area contributed by atoms with E-state index >= 15 is 0 Å². The number of hydrazone groups is 1. The molecule has 0 radical (unpaired) electrons. The number of para-hydroxylation sites is 1. The number of benzene rings is 1. The third-order valence-corrected chi connectivity index (χ3v) is 3.52. The zero-order valence-corrected chi connectivity index (χ0v) is 13.1. The lowest BCUT2D eigenvalue weighted by Gasteiger charge is -2.07. The zero-order valence-electron chi connectivity index (χ0n) is 12.3. The lowest BCUT2D eigenvalue weighted by atomic mass is 10.1. The Bertz CT molecular complexity index is 997. The number of nitrogens with zero attached hydrogens (tertiary/aromatic N) is 3. The molecule has 0 aliphatic carbocycles. The zero-order chi connectivity index (χ0) is 17.1. The fourth-order valence-corrected chi connectivity index (χ4v) is 2.36. The molecule has 0 spiro atoms. The molecule has 2 aromatic heterocycles. The van der Waals surface area contributed by atoms with E-state index in [2.05, 4.69) is 20.5 Å². The summed E-state index contributed by atoms with van der Waals surface area (Å²) in [7, 11) is 0. The van der Waals surface area contributed by atoms with Gasteiger partial charge in [-0.2, -0.15) is 10.4 Å². The molecule has 0 amide bonds. The number of nitriles is 1. The molecule has 0 saturated carbocycles. The van der Waals surface area contributed by atoms with Crippen molar-refractivity contribution in [3.05, 3.63) is 47.6 Å². The number of fused-ring (bicyclic) bond motifs is 1. The highest BCUT2D eigenvalue weighted by atomic mass is 35.5. The highest BCUT2D eigenvalue weighted by molar-refractivity contribution is 6.45. The number of anilines is 1. The first-order valence-corrected chi connectivity index (χ1v) is 7.29. The first kappa shape index (κ1) is 15.5. The maximum absolute atomic E-state index is 8.91. The number of H-pyrrole nitrogens is 1. The fourth-order valence-electron chi connectivity index (χ4n) is 2.21. The van der Waals surface area contributed by atoms with Crippen LogP contribution < -0.4 is 11.2 Å². The summed E-state index contributed by atoms with van der Waals surface area (Å²) in [5.74, 6) is -0.396. The van der Waals surface area contributed by atoms with E-state index in [0.29, 0.717) is 10.8 Å². The summed E-state index contributed by atoms with van der Waals surface area (Å²) in [5.41, 5.74) is 11.8. The van der Waals surface area contributed by atoms with Crippen molar-refractivity contribution >= 4 is 39.9 Å². The third-order valence-electron chi connectivity index (χ3n) is 3.31. The number of hydrogen-bond donors (Lipinski definition) is 4. The fraction of sp³-hybridized carbons (Fsp3) is 0. The minimum Gasteiger partial charge on any atom is -0.382 e. The van der Waals surface area contributed by atoms with Crippen LogP contribution in [0.4, 0.5) is 5.69 Å². The van der Waals surface area contributed by atoms with Gasteiger partial charge in [0.05, 0.1) is 22.4 Å². The molecule has 0 saturated heterocycles. The van der Waals surface area contributed by atoms with Gasteiger partial charge in [-0.15, -0.1) is 0 Å². The molecule has 0 atom stereocenters. The van der Waals surface area contributed by atoms with Crippen LogP contribution in [0.2, 0.25) is 5.15 Å². The van der Waals surface area contributed by atoms with Gasteiger partial charge < -0.3 is 10.7 Å². The lowest BCUT2D eigenvalue weighted by molar-refractivity contribution is 1.32. The van der Waals surface area contributed by atoms with Crippen molar-refractivity contribution < 1.29 is 0 Å². The minimum atomic E-state index is -0.396. The van der Waals surface area contributed by atoms with Crippen LogP contribution in [0.3, 0.4) is 0 Å². The maximum atomic E-state index is 8.91. The summed E-state index contributed by atoms with van der Waals surface area (Å²) in [5, 5.41) is 20.5. The Morgan fingerprint density at radius 3 is 2.88 bits per heavy atom. The van der Waals surface area contributed by atoms with Gasteiger partial charge in [0.2, 0.25) is 5.71 Å². The number of hydrogen-bond acceptors (Lipinski definition) is 5. The van der Waals surface area contributed by atoms with Crippen molar-refractivity contribution in [1.29, 1.82) is 10.7 Å². The van der Waals surface area contributed by atoms with Gasteiger partial charge in [-0.1, -0.05) is 29.8 Å². The van der Waals surface area contributed by atoms with Gasteiger partial charge in [0.1, 0.15) is 11.2 Å². The average molecular weight is 338 g/mol. The summed E-state index contributed by atoms with van der Waals surface area (Å²) < 4.78 is 0. The molecule has 118 valence electrons. The largest absolute Gasteiger partial charge is 0.382 e. The van der Waals surface area contributed by atoms with Crippen LogP contribution in [0.15, 0.2) is 47.6 Å². The molecule has 0 aliphatic heterocycles. The molecule has 0 bridgehead atoms. The monoisotopic (exact) mass is 337 g/mol. The number of rotatable bonds is 4. The van der Waals surface area contributed by atoms with Gasteiger partial charge in [-0.25, -0.2) is 4.98 Å². The third kappa shape index (κ3) is 3.04. The minimum absolute atomic E-state index is 0.185. The van der Waals surface area contributed by atoms with Gasteiger partial charge in [0.15, 0.2) is 5.84 Å². The first-order valence-electron chi connectivity index (χ1n) is 6.91. The summed E-state index contributed by atoms with van der Waals surface area (Å²) in [6.45, 7) is 0. The number of aromatic amines is 1. The molecular weight excluding hydrogens is 326 g/mol. The Morgan fingerprint density at radius 1 is 1.33 bits per heavy atom. The van der Waals surface area contributed by atoms with Gasteiger partial charge in [-0.3, -0.25) is 10.8 Å². The number of nitrogens with one attached hydrogen (secondary N) is 3. The molecule has 24 heavy (non-hydrogen) atoms. The second kappa shape index (κ2) is 6.40. The molecule has 0 fully saturated rings. The van der Waals surface area contributed by atoms with E-state index in [-0.39, 0.29) is 5.71 Å². The maximum Gasteiger partial charge on any atom is 0.201 e. The van der Waals surface area contributed by atoms with E-state index in [1.54, 1.807) is 18.2 Å². The van der Waals surface area contributed by atoms with Crippen LogP contribution in [0.5, 0.6) is 0 Å². The van der Waals surface area contributed by atoms with Crippen LogP contribution in [-0.2, 0) is 0 Å². The van der Waals surface area contributed by atoms with Gasteiger partial charge in [0.25, 0.3) is 0 Å². The SMILES string of the molecule is N#C/C(=N\Nc1ccccc1-c1cc2nc(Cl)ccc2[nH]1)C(=N)N. The molecule has 2 heterocycles. The predicted molar refractivity (Wildman–Crippen MR) is 95.1 cm³/mol. The van der Waals surface area contributed by atoms with Crippen LogP contribution >= 0.6 is 11.6 Å². The quantitative estimate of drug-likeness (QED) is 0.252. The average Bonchev–Trinajstić information content (AvgIpc) is 2.98. The predicted octanol–water partition coefficient (Wildman–Crippen LogP) is 3.11. The summed E-state index contributed by atoms with van der Waals surface area (Å²) in [6, 6.07) is 14.6. The van der Waals surface area contributed by atoms with Crippen molar-refractivity contribution in [2.24, 2.45) is 10.8 Å². The van der Waals surface area contributed by atoms with Crippen LogP contribution in [0.25, 0.3) is 22.3 Å². The van der Waals surface area contributed by atoms with Crippen LogP contribution in [0, 0.1) is 16.7 Å². The van der Waals surface area contributed by atoms with E-state index < -0.39 is 5.84 Å². The Hall–Kier alpha value is -3.37. The summed E-state index contributed by atoms with van der Waals surface area (Å²) in [6.07, 6.45) is 0. The number of pyridine rings is 1. The van der Waals surface area contributed by atoms with E-state index in [4.69, 9.17) is 28.0 Å². The Kier molecular flexibility index (Phi) is 4.14. The van der Waals surface area contributed by atoms with Crippen molar-refractivity contribution in [1.82, 2.24) is 9.97 Å². The van der Waals surface area contributed by atoms with Crippen molar-refractivity contribution in [3.63, 3.8) is 0 Å². The standard InChI is InChI=1S/C16H12ClN7/c17-15-6-5-11-13(22-15)7-12(21-11)9-3-1-2-4-10(9)23-24-14(8-18)16(19)20/h1-7,21,23H,(H3,19,20)/b24-14+. The van der Waals surface area contributed by atoms with Crippen molar-refractivity contribution in [2.45, 2.75) is 0 Å². The second-order valence-electron chi connectivity index (χ2n) is 4.89. The van der Waals surface area contributed by atoms with Crippen molar-refractivity contribution in [2.75, 3.05) is 5.43 Å². The molecule has 7 nitrogen and oxygen atoms in total. The van der Waals surface area contributed by atoms with E-state index in [1.165, 1.54) is 0 Å². The molecular formula is C16H12ClN7. The smallest absolute Gasteiger partial charge is 0.201 e. The summed E-state index contributed by atoms with van der Waals surface area (Å²) in [4.78, 5) is 7.52. The molecule has 0 unspecified atom stereocenters. The number of halogens is 1. The summed E-state index contributed by atoms with van der Waals surface area (Å²) >= 11 is 5.92. The molecule has 5 N–H and O–H groups in total. The Balaban J connectivity index is 2.02. The molecule has 8 heteroatoms. The molecule has 0 aliphatic rings. The highest BCUT2D eigenvalue weighted by Crippen LogP contribution is 2.30. The van der Waals surface area contributed by atoms with E-state index in [1.807, 2.05) is 30.3 Å². The van der Waals surface area contributed by atoms with E-state index in [0.717, 1.165) is 22.3 Å². The van der Waals surface area contributed by atoms with Gasteiger partial charge >= 0.3 is 0 Å². The number of amidine groups is 1. The topological polar surface area (TPSA) is 127 Å². The van der Waals surface area contributed by atoms with E-state index in [9.17, 15) is 0 Å². The second-order valence-corrected chi connectivity index (χ2v) is 5.28. The Morgan fingerprint density at radius 2 is 2.12 bits per heavy atom. The first-order chi connectivity index (χ1) is 11.6. The lowest BCUT2D eigenvalue weighted by Crippen LogP contribution is -2.21. The number of nitrogens with two attached hydrogens (primary N) is 1.